The van der Waals surface area contributed by atoms with Crippen LogP contribution in [0.15, 0.2) is 164 Å². The monoisotopic (exact) mass is 581 g/mol. The average molecular weight is 582 g/mol. The summed E-state index contributed by atoms with van der Waals surface area (Å²) in [6.07, 6.45) is 0. The van der Waals surface area contributed by atoms with Crippen molar-refractivity contribution in [2.24, 2.45) is 0 Å². The largest absolute Gasteiger partial charge is 0.278 e. The molecule has 0 saturated carbocycles. The number of nitro groups is 1. The first-order valence-electron chi connectivity index (χ1n) is 14.7. The van der Waals surface area contributed by atoms with Crippen LogP contribution in [0.3, 0.4) is 0 Å². The molecule has 0 atom stereocenters. The Morgan fingerprint density at radius 2 is 0.844 bits per heavy atom. The molecule has 0 N–H and O–H groups in total. The normalized spacial score (nSPS) is 10.8. The van der Waals surface area contributed by atoms with Gasteiger partial charge in [-0.3, -0.25) is 10.1 Å². The number of hydrogen-bond donors (Lipinski definition) is 0. The fourth-order valence-corrected chi connectivity index (χ4v) is 5.52. The number of para-hydroxylation sites is 1. The maximum atomic E-state index is 11.9. The van der Waals surface area contributed by atoms with E-state index in [4.69, 9.17) is 9.97 Å². The number of rotatable bonds is 7. The maximum Gasteiger partial charge on any atom is 0.278 e. The lowest BCUT2D eigenvalue weighted by molar-refractivity contribution is -0.384. The lowest BCUT2D eigenvalue weighted by Gasteiger charge is -2.11. The Morgan fingerprint density at radius 1 is 0.400 bits per heavy atom. The Labute approximate surface area is 261 Å². The van der Waals surface area contributed by atoms with E-state index in [1.54, 1.807) is 18.2 Å². The van der Waals surface area contributed by atoms with Crippen LogP contribution in [0.4, 0.5) is 5.69 Å². The molecule has 0 unspecified atom stereocenters. The predicted molar refractivity (Wildman–Crippen MR) is 181 cm³/mol. The first-order chi connectivity index (χ1) is 22.1. The van der Waals surface area contributed by atoms with Crippen LogP contribution in [-0.4, -0.2) is 14.9 Å². The Bertz CT molecular complexity index is 2130. The van der Waals surface area contributed by atoms with Gasteiger partial charge in [-0.1, -0.05) is 133 Å². The smallest absolute Gasteiger partial charge is 0.258 e. The molecule has 1 aromatic heterocycles. The van der Waals surface area contributed by atoms with Crippen LogP contribution in [-0.2, 0) is 0 Å². The van der Waals surface area contributed by atoms with E-state index in [9.17, 15) is 10.1 Å². The zero-order chi connectivity index (χ0) is 30.6. The fourth-order valence-electron chi connectivity index (χ4n) is 5.52. The molecule has 0 aliphatic rings. The van der Waals surface area contributed by atoms with Crippen molar-refractivity contribution in [2.45, 2.75) is 0 Å². The molecule has 0 spiro atoms. The highest BCUT2D eigenvalue weighted by atomic mass is 16.6. The van der Waals surface area contributed by atoms with Gasteiger partial charge >= 0.3 is 0 Å². The third-order valence-electron chi connectivity index (χ3n) is 7.81. The zero-order valence-electron chi connectivity index (χ0n) is 24.2. The Morgan fingerprint density at radius 3 is 1.49 bits per heavy atom. The minimum absolute atomic E-state index is 0.00327. The molecule has 7 aromatic rings. The van der Waals surface area contributed by atoms with Gasteiger partial charge in [0.15, 0.2) is 5.82 Å². The highest BCUT2D eigenvalue weighted by Gasteiger charge is 2.18. The molecular weight excluding hydrogens is 554 g/mol. The summed E-state index contributed by atoms with van der Waals surface area (Å²) in [6, 6.07) is 53.9. The predicted octanol–water partition coefficient (Wildman–Crippen LogP) is 10.4. The molecule has 7 rings (SSSR count). The van der Waals surface area contributed by atoms with Gasteiger partial charge in [-0.25, -0.2) is 9.97 Å². The SMILES string of the molecule is O=[N+]([O-])c1ccccc1-c1cc(-c2cccc(-c3cccc(-c4ccc(-c5ccccc5)cc4)c3)c2)nc(-c2ccccc2)n1. The van der Waals surface area contributed by atoms with Crippen LogP contribution < -0.4 is 0 Å². The van der Waals surface area contributed by atoms with Gasteiger partial charge in [-0.05, 0) is 57.6 Å². The number of benzene rings is 6. The first-order valence-corrected chi connectivity index (χ1v) is 14.7. The van der Waals surface area contributed by atoms with Crippen LogP contribution in [0.25, 0.3) is 67.3 Å². The van der Waals surface area contributed by atoms with E-state index >= 15 is 0 Å². The van der Waals surface area contributed by atoms with E-state index in [0.717, 1.165) is 33.4 Å². The lowest BCUT2D eigenvalue weighted by atomic mass is 9.96. The van der Waals surface area contributed by atoms with E-state index in [1.165, 1.54) is 17.2 Å². The first kappa shape index (κ1) is 27.6. The van der Waals surface area contributed by atoms with Crippen molar-refractivity contribution >= 4 is 5.69 Å². The quantitative estimate of drug-likeness (QED) is 0.139. The number of aromatic nitrogens is 2. The van der Waals surface area contributed by atoms with Crippen molar-refractivity contribution in [2.75, 3.05) is 0 Å². The molecule has 0 aliphatic carbocycles. The molecule has 1 heterocycles. The van der Waals surface area contributed by atoms with Crippen LogP contribution in [0.5, 0.6) is 0 Å². The molecule has 0 amide bonds. The summed E-state index contributed by atoms with van der Waals surface area (Å²) in [5.41, 5.74) is 10.1. The molecule has 45 heavy (non-hydrogen) atoms. The molecule has 5 heteroatoms. The zero-order valence-corrected chi connectivity index (χ0v) is 24.2. The van der Waals surface area contributed by atoms with Crippen molar-refractivity contribution in [1.29, 1.82) is 0 Å². The molecule has 0 radical (unpaired) electrons. The van der Waals surface area contributed by atoms with Crippen LogP contribution in [0, 0.1) is 10.1 Å². The van der Waals surface area contributed by atoms with Gasteiger partial charge in [0.25, 0.3) is 5.69 Å². The highest BCUT2D eigenvalue weighted by Crippen LogP contribution is 2.34. The van der Waals surface area contributed by atoms with Crippen LogP contribution in [0.1, 0.15) is 0 Å². The van der Waals surface area contributed by atoms with Gasteiger partial charge in [0, 0.05) is 17.2 Å². The third-order valence-corrected chi connectivity index (χ3v) is 7.81. The van der Waals surface area contributed by atoms with Crippen molar-refractivity contribution in [3.8, 4) is 67.3 Å². The van der Waals surface area contributed by atoms with E-state index < -0.39 is 0 Å². The maximum absolute atomic E-state index is 11.9. The van der Waals surface area contributed by atoms with Gasteiger partial charge in [0.2, 0.25) is 0 Å². The molecule has 0 saturated heterocycles. The lowest BCUT2D eigenvalue weighted by Crippen LogP contribution is -1.98. The van der Waals surface area contributed by atoms with E-state index in [-0.39, 0.29) is 10.6 Å². The van der Waals surface area contributed by atoms with Crippen LogP contribution >= 0.6 is 0 Å². The van der Waals surface area contributed by atoms with Gasteiger partial charge in [-0.2, -0.15) is 0 Å². The number of hydrogen-bond acceptors (Lipinski definition) is 4. The van der Waals surface area contributed by atoms with Crippen LogP contribution in [0.2, 0.25) is 0 Å². The number of nitro benzene ring substituents is 1. The molecular formula is C40H27N3O2. The van der Waals surface area contributed by atoms with Crippen molar-refractivity contribution in [1.82, 2.24) is 9.97 Å². The Kier molecular flexibility index (Phi) is 7.48. The van der Waals surface area contributed by atoms with Crippen molar-refractivity contribution in [3.63, 3.8) is 0 Å². The second-order valence-corrected chi connectivity index (χ2v) is 10.7. The summed E-state index contributed by atoms with van der Waals surface area (Å²) in [4.78, 5) is 21.2. The van der Waals surface area contributed by atoms with Crippen molar-refractivity contribution in [3.05, 3.63) is 174 Å². The summed E-state index contributed by atoms with van der Waals surface area (Å²) >= 11 is 0. The summed E-state index contributed by atoms with van der Waals surface area (Å²) < 4.78 is 0. The summed E-state index contributed by atoms with van der Waals surface area (Å²) in [6.45, 7) is 0. The standard InChI is InChI=1S/C40H27N3O2/c44-43(45)39-20-8-7-19-36(39)38-27-37(41-40(42-38)31-13-5-2-6-14-31)35-18-10-17-34(26-35)33-16-9-15-32(25-33)30-23-21-29(22-24-30)28-11-3-1-4-12-28/h1-27H. The van der Waals surface area contributed by atoms with Gasteiger partial charge in [0.05, 0.1) is 21.9 Å². The highest BCUT2D eigenvalue weighted by molar-refractivity contribution is 5.80. The molecule has 214 valence electrons. The Hall–Kier alpha value is -6.20. The number of nitrogens with zero attached hydrogens (tertiary/aromatic N) is 3. The van der Waals surface area contributed by atoms with Gasteiger partial charge in [0.1, 0.15) is 0 Å². The molecule has 0 fully saturated rings. The molecule has 6 aromatic carbocycles. The summed E-state index contributed by atoms with van der Waals surface area (Å²) in [5.74, 6) is 0.507. The van der Waals surface area contributed by atoms with E-state index in [1.807, 2.05) is 54.6 Å². The minimum Gasteiger partial charge on any atom is -0.258 e. The molecule has 0 bridgehead atoms. The average Bonchev–Trinajstić information content (AvgIpc) is 3.12. The minimum atomic E-state index is -0.373. The van der Waals surface area contributed by atoms with Gasteiger partial charge < -0.3 is 0 Å². The van der Waals surface area contributed by atoms with E-state index in [2.05, 4.69) is 84.9 Å². The van der Waals surface area contributed by atoms with Gasteiger partial charge in [-0.15, -0.1) is 0 Å². The van der Waals surface area contributed by atoms with Crippen molar-refractivity contribution < 1.29 is 4.92 Å². The second-order valence-electron chi connectivity index (χ2n) is 10.7. The fraction of sp³-hybridized carbons (Fsp3) is 0. The Balaban J connectivity index is 1.27. The van der Waals surface area contributed by atoms with E-state index in [0.29, 0.717) is 22.8 Å². The second kappa shape index (κ2) is 12.2. The topological polar surface area (TPSA) is 68.9 Å². The molecule has 5 nitrogen and oxygen atoms in total. The third kappa shape index (κ3) is 5.88. The molecule has 0 aliphatic heterocycles. The summed E-state index contributed by atoms with van der Waals surface area (Å²) in [5, 5.41) is 11.9. The summed E-state index contributed by atoms with van der Waals surface area (Å²) in [7, 11) is 0.